The van der Waals surface area contributed by atoms with Crippen molar-refractivity contribution in [1.82, 2.24) is 9.97 Å². The molecule has 0 fully saturated rings. The molecule has 0 saturated heterocycles. The van der Waals surface area contributed by atoms with Crippen LogP contribution in [0, 0.1) is 0 Å². The number of pyridine rings is 1. The number of nitrogens with zero attached hydrogens (tertiary/aromatic N) is 2. The molecule has 0 radical (unpaired) electrons. The number of rotatable bonds is 2. The standard InChI is InChI=1S/C17H15F3N2OS/c1-16(2,3)24-14-9-21-7-6-11(14)15-22-12-8-10(17(18,19)20)4-5-13(12)23-15/h4-9H,1-3H3. The van der Waals surface area contributed by atoms with Gasteiger partial charge in [0.05, 0.1) is 11.1 Å². The van der Waals surface area contributed by atoms with Crippen molar-refractivity contribution in [3.05, 3.63) is 42.2 Å². The topological polar surface area (TPSA) is 38.9 Å². The van der Waals surface area contributed by atoms with E-state index in [9.17, 15) is 13.2 Å². The molecular weight excluding hydrogens is 337 g/mol. The molecule has 0 amide bonds. The van der Waals surface area contributed by atoms with E-state index in [0.717, 1.165) is 22.6 Å². The van der Waals surface area contributed by atoms with Crippen molar-refractivity contribution in [2.24, 2.45) is 0 Å². The molecule has 0 bridgehead atoms. The van der Waals surface area contributed by atoms with Crippen LogP contribution < -0.4 is 0 Å². The number of aromatic nitrogens is 2. The van der Waals surface area contributed by atoms with E-state index >= 15 is 0 Å². The minimum atomic E-state index is -4.41. The van der Waals surface area contributed by atoms with Gasteiger partial charge in [-0.3, -0.25) is 4.98 Å². The Labute approximate surface area is 141 Å². The van der Waals surface area contributed by atoms with E-state index in [0.29, 0.717) is 11.5 Å². The first-order chi connectivity index (χ1) is 11.1. The van der Waals surface area contributed by atoms with Crippen LogP contribution in [0.2, 0.25) is 0 Å². The number of hydrogen-bond acceptors (Lipinski definition) is 4. The van der Waals surface area contributed by atoms with Gasteiger partial charge in [-0.05, 0) is 24.3 Å². The number of hydrogen-bond donors (Lipinski definition) is 0. The third-order valence-corrected chi connectivity index (χ3v) is 4.30. The van der Waals surface area contributed by atoms with E-state index < -0.39 is 11.7 Å². The Morgan fingerprint density at radius 3 is 2.50 bits per heavy atom. The molecule has 0 aliphatic heterocycles. The molecule has 0 N–H and O–H groups in total. The lowest BCUT2D eigenvalue weighted by Gasteiger charge is -2.18. The maximum Gasteiger partial charge on any atom is 0.416 e. The largest absolute Gasteiger partial charge is 0.436 e. The predicted molar refractivity (Wildman–Crippen MR) is 87.9 cm³/mol. The molecule has 0 aliphatic rings. The van der Waals surface area contributed by atoms with Crippen LogP contribution in [-0.2, 0) is 6.18 Å². The van der Waals surface area contributed by atoms with Gasteiger partial charge in [0.2, 0.25) is 5.89 Å². The van der Waals surface area contributed by atoms with Gasteiger partial charge in [-0.25, -0.2) is 4.98 Å². The third-order valence-electron chi connectivity index (χ3n) is 3.15. The Hall–Kier alpha value is -2.02. The van der Waals surface area contributed by atoms with Gasteiger partial charge < -0.3 is 4.42 Å². The second kappa shape index (κ2) is 5.81. The minimum absolute atomic E-state index is 0.0484. The molecule has 3 rings (SSSR count). The summed E-state index contributed by atoms with van der Waals surface area (Å²) >= 11 is 1.60. The molecule has 0 aliphatic carbocycles. The molecule has 0 unspecified atom stereocenters. The Kier molecular flexibility index (Phi) is 4.07. The predicted octanol–water partition coefficient (Wildman–Crippen LogP) is 5.80. The first-order valence-corrected chi connectivity index (χ1v) is 8.06. The number of benzene rings is 1. The Balaban J connectivity index is 2.08. The molecule has 0 saturated carbocycles. The zero-order valence-electron chi connectivity index (χ0n) is 13.3. The second-order valence-corrected chi connectivity index (χ2v) is 8.15. The van der Waals surface area contributed by atoms with Crippen LogP contribution in [0.5, 0.6) is 0 Å². The van der Waals surface area contributed by atoms with Crippen LogP contribution >= 0.6 is 11.8 Å². The Morgan fingerprint density at radius 2 is 1.83 bits per heavy atom. The summed E-state index contributed by atoms with van der Waals surface area (Å²) in [5.41, 5.74) is 0.480. The molecule has 126 valence electrons. The van der Waals surface area contributed by atoms with Crippen LogP contribution in [0.1, 0.15) is 26.3 Å². The van der Waals surface area contributed by atoms with Gasteiger partial charge in [-0.2, -0.15) is 13.2 Å². The number of oxazole rings is 1. The summed E-state index contributed by atoms with van der Waals surface area (Å²) in [5.74, 6) is 0.290. The van der Waals surface area contributed by atoms with Gasteiger partial charge in [0, 0.05) is 22.0 Å². The molecule has 3 aromatic rings. The van der Waals surface area contributed by atoms with E-state index in [1.54, 1.807) is 30.2 Å². The molecule has 3 nitrogen and oxygen atoms in total. The van der Waals surface area contributed by atoms with Crippen molar-refractivity contribution >= 4 is 22.9 Å². The summed E-state index contributed by atoms with van der Waals surface area (Å²) in [6.07, 6.45) is -1.09. The van der Waals surface area contributed by atoms with Crippen LogP contribution in [0.25, 0.3) is 22.6 Å². The minimum Gasteiger partial charge on any atom is -0.436 e. The molecule has 2 heterocycles. The Morgan fingerprint density at radius 1 is 1.08 bits per heavy atom. The number of thioether (sulfide) groups is 1. The highest BCUT2D eigenvalue weighted by Gasteiger charge is 2.31. The van der Waals surface area contributed by atoms with E-state index in [4.69, 9.17) is 4.42 Å². The summed E-state index contributed by atoms with van der Waals surface area (Å²) in [6.45, 7) is 6.20. The number of fused-ring (bicyclic) bond motifs is 1. The maximum absolute atomic E-state index is 12.8. The average Bonchev–Trinajstić information content (AvgIpc) is 2.87. The Bertz CT molecular complexity index is 881. The molecule has 7 heteroatoms. The van der Waals surface area contributed by atoms with Gasteiger partial charge in [-0.1, -0.05) is 20.8 Å². The summed E-state index contributed by atoms with van der Waals surface area (Å²) in [6, 6.07) is 5.05. The normalized spacial score (nSPS) is 12.8. The quantitative estimate of drug-likeness (QED) is 0.547. The molecule has 24 heavy (non-hydrogen) atoms. The first kappa shape index (κ1) is 16.8. The highest BCUT2D eigenvalue weighted by molar-refractivity contribution is 8.00. The maximum atomic E-state index is 12.8. The highest BCUT2D eigenvalue weighted by Crippen LogP contribution is 2.39. The van der Waals surface area contributed by atoms with Crippen molar-refractivity contribution < 1.29 is 17.6 Å². The van der Waals surface area contributed by atoms with Crippen molar-refractivity contribution in [3.63, 3.8) is 0 Å². The van der Waals surface area contributed by atoms with Crippen LogP contribution in [-0.4, -0.2) is 14.7 Å². The lowest BCUT2D eigenvalue weighted by molar-refractivity contribution is -0.137. The van der Waals surface area contributed by atoms with E-state index in [1.807, 2.05) is 0 Å². The summed E-state index contributed by atoms with van der Waals surface area (Å²) < 4.78 is 44.1. The SMILES string of the molecule is CC(C)(C)Sc1cnccc1-c1nc2cc(C(F)(F)F)ccc2o1. The van der Waals surface area contributed by atoms with Crippen LogP contribution in [0.3, 0.4) is 0 Å². The van der Waals surface area contributed by atoms with Gasteiger partial charge >= 0.3 is 6.18 Å². The highest BCUT2D eigenvalue weighted by atomic mass is 32.2. The third kappa shape index (κ3) is 3.56. The molecular formula is C17H15F3N2OS. The molecule has 0 spiro atoms. The zero-order chi connectivity index (χ0) is 17.5. The van der Waals surface area contributed by atoms with Crippen molar-refractivity contribution in [3.8, 4) is 11.5 Å². The first-order valence-electron chi connectivity index (χ1n) is 7.25. The molecule has 0 atom stereocenters. The molecule has 1 aromatic carbocycles. The van der Waals surface area contributed by atoms with E-state index in [2.05, 4.69) is 30.7 Å². The van der Waals surface area contributed by atoms with Crippen molar-refractivity contribution in [2.45, 2.75) is 36.6 Å². The fourth-order valence-corrected chi connectivity index (χ4v) is 3.23. The van der Waals surface area contributed by atoms with Crippen molar-refractivity contribution in [2.75, 3.05) is 0 Å². The van der Waals surface area contributed by atoms with E-state index in [-0.39, 0.29) is 10.3 Å². The van der Waals surface area contributed by atoms with Gasteiger partial charge in [0.1, 0.15) is 5.52 Å². The number of halogens is 3. The van der Waals surface area contributed by atoms with Gasteiger partial charge in [0.15, 0.2) is 5.58 Å². The van der Waals surface area contributed by atoms with Crippen molar-refractivity contribution in [1.29, 1.82) is 0 Å². The summed E-state index contributed by atoms with van der Waals surface area (Å²) in [5, 5.41) is 0. The number of alkyl halides is 3. The lowest BCUT2D eigenvalue weighted by Crippen LogP contribution is -2.07. The van der Waals surface area contributed by atoms with Gasteiger partial charge in [0.25, 0.3) is 0 Å². The summed E-state index contributed by atoms with van der Waals surface area (Å²) in [7, 11) is 0. The monoisotopic (exact) mass is 352 g/mol. The molecule has 2 aromatic heterocycles. The fraction of sp³-hybridized carbons (Fsp3) is 0.294. The van der Waals surface area contributed by atoms with E-state index in [1.165, 1.54) is 6.07 Å². The van der Waals surface area contributed by atoms with Crippen LogP contribution in [0.4, 0.5) is 13.2 Å². The van der Waals surface area contributed by atoms with Crippen LogP contribution in [0.15, 0.2) is 46.0 Å². The average molecular weight is 352 g/mol. The lowest BCUT2D eigenvalue weighted by atomic mass is 10.2. The fourth-order valence-electron chi connectivity index (χ4n) is 2.19. The summed E-state index contributed by atoms with van der Waals surface area (Å²) in [4.78, 5) is 9.22. The zero-order valence-corrected chi connectivity index (χ0v) is 14.1. The second-order valence-electron chi connectivity index (χ2n) is 6.29. The van der Waals surface area contributed by atoms with Gasteiger partial charge in [-0.15, -0.1) is 11.8 Å². The smallest absolute Gasteiger partial charge is 0.416 e.